The molecule has 5 heteroatoms. The summed E-state index contributed by atoms with van der Waals surface area (Å²) in [6.45, 7) is 5.48. The van der Waals surface area contributed by atoms with E-state index in [1.54, 1.807) is 11.6 Å². The summed E-state index contributed by atoms with van der Waals surface area (Å²) in [6.07, 6.45) is 2.97. The van der Waals surface area contributed by atoms with Crippen LogP contribution in [0.1, 0.15) is 11.1 Å². The number of hydrogen-bond acceptors (Lipinski definition) is 4. The molecule has 1 heterocycles. The highest BCUT2D eigenvalue weighted by Gasteiger charge is 2.11. The predicted molar refractivity (Wildman–Crippen MR) is 98.6 cm³/mol. The first-order valence-electron chi connectivity index (χ1n) is 8.33. The van der Waals surface area contributed by atoms with Crippen molar-refractivity contribution in [2.24, 2.45) is 0 Å². The Morgan fingerprint density at radius 3 is 2.52 bits per heavy atom. The zero-order chi connectivity index (χ0) is 17.6. The summed E-state index contributed by atoms with van der Waals surface area (Å²) in [4.78, 5) is 13.4. The molecule has 0 saturated carbocycles. The lowest BCUT2D eigenvalue weighted by Gasteiger charge is -2.29. The highest BCUT2D eigenvalue weighted by Crippen LogP contribution is 2.27. The molecule has 1 amide bonds. The van der Waals surface area contributed by atoms with Crippen LogP contribution in [-0.4, -0.2) is 37.4 Å². The molecule has 1 fully saturated rings. The molecule has 0 unspecified atom stereocenters. The van der Waals surface area contributed by atoms with Crippen molar-refractivity contribution < 1.29 is 14.7 Å². The predicted octanol–water partition coefficient (Wildman–Crippen LogP) is 3.02. The Morgan fingerprint density at radius 2 is 1.88 bits per heavy atom. The summed E-state index contributed by atoms with van der Waals surface area (Å²) in [6, 6.07) is 14.6. The topological polar surface area (TPSA) is 61.8 Å². The number of carbonyl (C=O) groups is 1. The first-order chi connectivity index (χ1) is 12.2. The van der Waals surface area contributed by atoms with Gasteiger partial charge in [0.15, 0.2) is 0 Å². The van der Waals surface area contributed by atoms with Crippen molar-refractivity contribution in [2.75, 3.05) is 31.2 Å². The molecule has 2 aromatic carbocycles. The van der Waals surface area contributed by atoms with E-state index in [0.29, 0.717) is 0 Å². The number of rotatable bonds is 4. The summed E-state index contributed by atoms with van der Waals surface area (Å²) in [5, 5.41) is 8.52. The van der Waals surface area contributed by atoms with Gasteiger partial charge in [-0.3, -0.25) is 10.0 Å². The number of ether oxygens (including phenoxy) is 1. The molecular weight excluding hydrogens is 316 g/mol. The van der Waals surface area contributed by atoms with E-state index in [1.165, 1.54) is 11.8 Å². The molecule has 0 spiro atoms. The van der Waals surface area contributed by atoms with E-state index in [-0.39, 0.29) is 0 Å². The van der Waals surface area contributed by atoms with Crippen LogP contribution in [0.4, 0.5) is 5.69 Å². The Labute approximate surface area is 147 Å². The molecule has 0 aliphatic carbocycles. The van der Waals surface area contributed by atoms with Crippen molar-refractivity contribution in [2.45, 2.75) is 6.92 Å². The lowest BCUT2D eigenvalue weighted by molar-refractivity contribution is -0.124. The average molecular weight is 338 g/mol. The van der Waals surface area contributed by atoms with Crippen molar-refractivity contribution in [1.29, 1.82) is 0 Å². The Balaban J connectivity index is 1.77. The lowest BCUT2D eigenvalue weighted by atomic mass is 9.98. The van der Waals surface area contributed by atoms with Gasteiger partial charge < -0.3 is 9.64 Å². The van der Waals surface area contributed by atoms with E-state index in [4.69, 9.17) is 9.94 Å². The van der Waals surface area contributed by atoms with E-state index < -0.39 is 5.91 Å². The number of morpholine rings is 1. The maximum atomic E-state index is 11.1. The molecule has 1 aliphatic heterocycles. The van der Waals surface area contributed by atoms with Crippen molar-refractivity contribution in [1.82, 2.24) is 5.48 Å². The minimum Gasteiger partial charge on any atom is -0.378 e. The summed E-state index contributed by atoms with van der Waals surface area (Å²) < 4.78 is 5.40. The first-order valence-corrected chi connectivity index (χ1v) is 8.33. The third-order valence-corrected chi connectivity index (χ3v) is 4.34. The van der Waals surface area contributed by atoms with Gasteiger partial charge in [0.05, 0.1) is 13.2 Å². The van der Waals surface area contributed by atoms with Gasteiger partial charge in [-0.1, -0.05) is 30.3 Å². The molecule has 5 nitrogen and oxygen atoms in total. The molecule has 3 rings (SSSR count). The van der Waals surface area contributed by atoms with Gasteiger partial charge >= 0.3 is 0 Å². The first kappa shape index (κ1) is 17.2. The second kappa shape index (κ2) is 7.96. The van der Waals surface area contributed by atoms with Gasteiger partial charge in [0.1, 0.15) is 0 Å². The van der Waals surface area contributed by atoms with Gasteiger partial charge in [-0.25, -0.2) is 5.48 Å². The van der Waals surface area contributed by atoms with E-state index in [1.807, 2.05) is 12.1 Å². The maximum Gasteiger partial charge on any atom is 0.267 e. The fourth-order valence-corrected chi connectivity index (χ4v) is 3.00. The number of nitrogens with zero attached hydrogens (tertiary/aromatic N) is 1. The summed E-state index contributed by atoms with van der Waals surface area (Å²) in [7, 11) is 0. The fourth-order valence-electron chi connectivity index (χ4n) is 3.00. The molecule has 1 aliphatic rings. The quantitative estimate of drug-likeness (QED) is 0.511. The summed E-state index contributed by atoms with van der Waals surface area (Å²) in [5.74, 6) is -0.541. The fraction of sp³-hybridized carbons (Fsp3) is 0.250. The number of hydrogen-bond donors (Lipinski definition) is 2. The standard InChI is InChI=1S/C20H22N2O3/c1-15-14-16(3-9-20(23)21-24)2-8-19(15)17-4-6-18(7-5-17)22-10-12-25-13-11-22/h2-9,14,24H,10-13H2,1H3,(H,21,23)/b9-3+. The number of carbonyl (C=O) groups excluding carboxylic acids is 1. The van der Waals surface area contributed by atoms with E-state index in [0.717, 1.165) is 48.6 Å². The Morgan fingerprint density at radius 1 is 1.16 bits per heavy atom. The average Bonchev–Trinajstić information content (AvgIpc) is 2.67. The van der Waals surface area contributed by atoms with Crippen molar-refractivity contribution in [3.05, 3.63) is 59.7 Å². The van der Waals surface area contributed by atoms with Crippen LogP contribution in [-0.2, 0) is 9.53 Å². The Bertz CT molecular complexity index is 763. The Hall–Kier alpha value is -2.63. The van der Waals surface area contributed by atoms with Crippen LogP contribution in [0.5, 0.6) is 0 Å². The van der Waals surface area contributed by atoms with Gasteiger partial charge in [-0.15, -0.1) is 0 Å². The number of benzene rings is 2. The van der Waals surface area contributed by atoms with Gasteiger partial charge in [0, 0.05) is 24.9 Å². The molecule has 1 saturated heterocycles. The van der Waals surface area contributed by atoms with E-state index in [2.05, 4.69) is 42.2 Å². The molecular formula is C20H22N2O3. The minimum absolute atomic E-state index is 0.541. The monoisotopic (exact) mass is 338 g/mol. The van der Waals surface area contributed by atoms with Gasteiger partial charge in [-0.2, -0.15) is 0 Å². The van der Waals surface area contributed by atoms with Crippen LogP contribution >= 0.6 is 0 Å². The number of nitrogens with one attached hydrogen (secondary N) is 1. The third-order valence-electron chi connectivity index (χ3n) is 4.34. The summed E-state index contributed by atoms with van der Waals surface area (Å²) >= 11 is 0. The van der Waals surface area contributed by atoms with Gasteiger partial charge in [-0.05, 0) is 47.4 Å². The molecule has 2 aromatic rings. The number of anilines is 1. The molecule has 0 aromatic heterocycles. The highest BCUT2D eigenvalue weighted by atomic mass is 16.5. The van der Waals surface area contributed by atoms with Crippen LogP contribution < -0.4 is 10.4 Å². The molecule has 0 atom stereocenters. The second-order valence-corrected chi connectivity index (χ2v) is 6.03. The van der Waals surface area contributed by atoms with Crippen LogP contribution in [0, 0.1) is 6.92 Å². The van der Waals surface area contributed by atoms with Crippen molar-refractivity contribution in [3.8, 4) is 11.1 Å². The smallest absolute Gasteiger partial charge is 0.267 e. The number of hydroxylamine groups is 1. The van der Waals surface area contributed by atoms with Gasteiger partial charge in [0.2, 0.25) is 0 Å². The van der Waals surface area contributed by atoms with Crippen molar-refractivity contribution >= 4 is 17.7 Å². The SMILES string of the molecule is Cc1cc(/C=C/C(=O)NO)ccc1-c1ccc(N2CCOCC2)cc1. The zero-order valence-electron chi connectivity index (χ0n) is 14.2. The van der Waals surface area contributed by atoms with Crippen LogP contribution in [0.15, 0.2) is 48.5 Å². The molecule has 0 radical (unpaired) electrons. The van der Waals surface area contributed by atoms with E-state index in [9.17, 15) is 4.79 Å². The largest absolute Gasteiger partial charge is 0.378 e. The molecule has 25 heavy (non-hydrogen) atoms. The lowest BCUT2D eigenvalue weighted by Crippen LogP contribution is -2.36. The highest BCUT2D eigenvalue weighted by molar-refractivity contribution is 5.91. The maximum absolute atomic E-state index is 11.1. The summed E-state index contributed by atoms with van der Waals surface area (Å²) in [5.41, 5.74) is 7.17. The normalized spacial score (nSPS) is 14.7. The number of aryl methyl sites for hydroxylation is 1. The van der Waals surface area contributed by atoms with Gasteiger partial charge in [0.25, 0.3) is 5.91 Å². The number of amides is 1. The zero-order valence-corrected chi connectivity index (χ0v) is 14.2. The molecule has 2 N–H and O–H groups in total. The minimum atomic E-state index is -0.541. The third kappa shape index (κ3) is 4.26. The Kier molecular flexibility index (Phi) is 5.48. The second-order valence-electron chi connectivity index (χ2n) is 6.03. The van der Waals surface area contributed by atoms with Crippen molar-refractivity contribution in [3.63, 3.8) is 0 Å². The molecule has 130 valence electrons. The van der Waals surface area contributed by atoms with Crippen LogP contribution in [0.2, 0.25) is 0 Å². The van der Waals surface area contributed by atoms with Crippen LogP contribution in [0.3, 0.4) is 0 Å². The van der Waals surface area contributed by atoms with E-state index >= 15 is 0 Å². The van der Waals surface area contributed by atoms with Crippen LogP contribution in [0.25, 0.3) is 17.2 Å². The molecule has 0 bridgehead atoms.